The van der Waals surface area contributed by atoms with E-state index in [-0.39, 0.29) is 23.7 Å². The molecule has 2 unspecified atom stereocenters. The molecule has 120 valence electrons. The molecule has 0 bridgehead atoms. The number of hydrogen-bond acceptors (Lipinski definition) is 2. The number of nitrogens with one attached hydrogen (secondary N) is 1. The zero-order valence-electron chi connectivity index (χ0n) is 13.5. The fourth-order valence-electron chi connectivity index (χ4n) is 3.03. The molecule has 4 nitrogen and oxygen atoms in total. The van der Waals surface area contributed by atoms with Gasteiger partial charge in [0.05, 0.1) is 5.92 Å². The number of piperidine rings is 1. The average molecular weight is 302 g/mol. The van der Waals surface area contributed by atoms with Gasteiger partial charge in [0.2, 0.25) is 11.8 Å². The molecular formula is C18H26N2O2. The minimum absolute atomic E-state index is 0.0202. The second-order valence-electron chi connectivity index (χ2n) is 6.17. The Morgan fingerprint density at radius 3 is 2.73 bits per heavy atom. The number of rotatable bonds is 5. The maximum absolute atomic E-state index is 12.4. The Bertz CT molecular complexity index is 501. The Morgan fingerprint density at radius 1 is 1.32 bits per heavy atom. The van der Waals surface area contributed by atoms with Gasteiger partial charge in [0.1, 0.15) is 0 Å². The number of benzene rings is 1. The molecule has 22 heavy (non-hydrogen) atoms. The summed E-state index contributed by atoms with van der Waals surface area (Å²) in [5.74, 6) is 0.165. The molecule has 0 spiro atoms. The lowest BCUT2D eigenvalue weighted by atomic mass is 9.95. The molecule has 0 aliphatic carbocycles. The van der Waals surface area contributed by atoms with Crippen LogP contribution in [0.3, 0.4) is 0 Å². The zero-order chi connectivity index (χ0) is 15.9. The van der Waals surface area contributed by atoms with Crippen LogP contribution in [-0.2, 0) is 9.59 Å². The first kappa shape index (κ1) is 16.5. The van der Waals surface area contributed by atoms with E-state index in [1.807, 2.05) is 42.2 Å². The predicted octanol–water partition coefficient (Wildman–Crippen LogP) is 3.30. The van der Waals surface area contributed by atoms with Gasteiger partial charge in [-0.3, -0.25) is 9.59 Å². The fraction of sp³-hybridized carbons (Fsp3) is 0.556. The molecule has 1 heterocycles. The molecule has 1 aliphatic rings. The number of carbonyl (C=O) groups excluding carboxylic acids is 2. The van der Waals surface area contributed by atoms with Gasteiger partial charge in [-0.1, -0.05) is 38.5 Å². The maximum atomic E-state index is 12.4. The van der Waals surface area contributed by atoms with E-state index >= 15 is 0 Å². The number of nitrogens with zero attached hydrogens (tertiary/aromatic N) is 1. The number of para-hydroxylation sites is 1. The first-order chi connectivity index (χ1) is 10.6. The van der Waals surface area contributed by atoms with E-state index < -0.39 is 0 Å². The standard InChI is InChI=1S/C18H26N2O2/c1-3-8-14(2)18(22)20-12-7-9-15(13-20)17(21)19-16-10-5-4-6-11-16/h4-6,10-11,14-15H,3,7-9,12-13H2,1-2H3,(H,19,21). The summed E-state index contributed by atoms with van der Waals surface area (Å²) < 4.78 is 0. The monoisotopic (exact) mass is 302 g/mol. The summed E-state index contributed by atoms with van der Waals surface area (Å²) in [5.41, 5.74) is 0.815. The summed E-state index contributed by atoms with van der Waals surface area (Å²) in [7, 11) is 0. The van der Waals surface area contributed by atoms with E-state index in [2.05, 4.69) is 12.2 Å². The fourth-order valence-corrected chi connectivity index (χ4v) is 3.03. The molecule has 4 heteroatoms. The topological polar surface area (TPSA) is 49.4 Å². The van der Waals surface area contributed by atoms with Crippen molar-refractivity contribution in [1.29, 1.82) is 0 Å². The molecule has 1 N–H and O–H groups in total. The third kappa shape index (κ3) is 4.33. The maximum Gasteiger partial charge on any atom is 0.229 e. The van der Waals surface area contributed by atoms with Gasteiger partial charge in [0, 0.05) is 24.7 Å². The lowest BCUT2D eigenvalue weighted by Gasteiger charge is -2.33. The quantitative estimate of drug-likeness (QED) is 0.907. The van der Waals surface area contributed by atoms with Gasteiger partial charge in [0.15, 0.2) is 0 Å². The average Bonchev–Trinajstić information content (AvgIpc) is 2.55. The van der Waals surface area contributed by atoms with Crippen molar-refractivity contribution in [2.24, 2.45) is 11.8 Å². The van der Waals surface area contributed by atoms with Crippen LogP contribution < -0.4 is 5.32 Å². The first-order valence-electron chi connectivity index (χ1n) is 8.26. The molecule has 1 aromatic rings. The van der Waals surface area contributed by atoms with Gasteiger partial charge in [-0.05, 0) is 31.4 Å². The minimum atomic E-state index is -0.105. The van der Waals surface area contributed by atoms with Crippen LogP contribution in [0.5, 0.6) is 0 Å². The van der Waals surface area contributed by atoms with E-state index in [0.29, 0.717) is 6.54 Å². The van der Waals surface area contributed by atoms with E-state index in [9.17, 15) is 9.59 Å². The van der Waals surface area contributed by atoms with Crippen LogP contribution in [0.2, 0.25) is 0 Å². The van der Waals surface area contributed by atoms with Crippen molar-refractivity contribution in [2.45, 2.75) is 39.5 Å². The number of carbonyl (C=O) groups is 2. The highest BCUT2D eigenvalue weighted by Crippen LogP contribution is 2.21. The van der Waals surface area contributed by atoms with Gasteiger partial charge in [-0.2, -0.15) is 0 Å². The third-order valence-corrected chi connectivity index (χ3v) is 4.29. The number of amides is 2. The lowest BCUT2D eigenvalue weighted by molar-refractivity contribution is -0.138. The zero-order valence-corrected chi connectivity index (χ0v) is 13.5. The molecular weight excluding hydrogens is 276 g/mol. The van der Waals surface area contributed by atoms with Crippen LogP contribution in [0, 0.1) is 11.8 Å². The van der Waals surface area contributed by atoms with E-state index in [4.69, 9.17) is 0 Å². The van der Waals surface area contributed by atoms with Gasteiger partial charge in [-0.25, -0.2) is 0 Å². The second-order valence-corrected chi connectivity index (χ2v) is 6.17. The van der Waals surface area contributed by atoms with Gasteiger partial charge in [-0.15, -0.1) is 0 Å². The van der Waals surface area contributed by atoms with Crippen LogP contribution >= 0.6 is 0 Å². The largest absolute Gasteiger partial charge is 0.342 e. The number of likely N-dealkylation sites (tertiary alicyclic amines) is 1. The van der Waals surface area contributed by atoms with Gasteiger partial charge < -0.3 is 10.2 Å². The molecule has 1 fully saturated rings. The summed E-state index contributed by atoms with van der Waals surface area (Å²) in [6.45, 7) is 5.41. The van der Waals surface area contributed by atoms with E-state index in [0.717, 1.165) is 37.9 Å². The Kier molecular flexibility index (Phi) is 5.99. The van der Waals surface area contributed by atoms with Gasteiger partial charge in [0.25, 0.3) is 0 Å². The molecule has 2 atom stereocenters. The summed E-state index contributed by atoms with van der Waals surface area (Å²) in [5, 5.41) is 2.95. The van der Waals surface area contributed by atoms with Crippen molar-refractivity contribution in [1.82, 2.24) is 4.90 Å². The van der Waals surface area contributed by atoms with Crippen molar-refractivity contribution >= 4 is 17.5 Å². The molecule has 0 saturated carbocycles. The summed E-state index contributed by atoms with van der Waals surface area (Å²) in [6, 6.07) is 9.49. The number of anilines is 1. The summed E-state index contributed by atoms with van der Waals surface area (Å²) in [4.78, 5) is 26.7. The smallest absolute Gasteiger partial charge is 0.229 e. The van der Waals surface area contributed by atoms with E-state index in [1.54, 1.807) is 0 Å². The predicted molar refractivity (Wildman–Crippen MR) is 88.4 cm³/mol. The molecule has 0 aromatic heterocycles. The molecule has 1 aliphatic heterocycles. The molecule has 1 aromatic carbocycles. The summed E-state index contributed by atoms with van der Waals surface area (Å²) >= 11 is 0. The van der Waals surface area contributed by atoms with Gasteiger partial charge >= 0.3 is 0 Å². The highest BCUT2D eigenvalue weighted by atomic mass is 16.2. The molecule has 0 radical (unpaired) electrons. The molecule has 2 rings (SSSR count). The van der Waals surface area contributed by atoms with Crippen LogP contribution in [0.25, 0.3) is 0 Å². The Balaban J connectivity index is 1.92. The molecule has 1 saturated heterocycles. The highest BCUT2D eigenvalue weighted by molar-refractivity contribution is 5.93. The molecule has 2 amide bonds. The van der Waals surface area contributed by atoms with Crippen LogP contribution in [0.4, 0.5) is 5.69 Å². The Labute approximate surface area is 132 Å². The minimum Gasteiger partial charge on any atom is -0.342 e. The Morgan fingerprint density at radius 2 is 2.05 bits per heavy atom. The van der Waals surface area contributed by atoms with Crippen molar-refractivity contribution in [2.75, 3.05) is 18.4 Å². The van der Waals surface area contributed by atoms with Crippen LogP contribution in [0.1, 0.15) is 39.5 Å². The van der Waals surface area contributed by atoms with E-state index in [1.165, 1.54) is 0 Å². The van der Waals surface area contributed by atoms with Crippen LogP contribution in [0.15, 0.2) is 30.3 Å². The normalized spacial score (nSPS) is 19.5. The third-order valence-electron chi connectivity index (χ3n) is 4.29. The lowest BCUT2D eigenvalue weighted by Crippen LogP contribution is -2.45. The second kappa shape index (κ2) is 7.97. The summed E-state index contributed by atoms with van der Waals surface area (Å²) in [6.07, 6.45) is 3.68. The highest BCUT2D eigenvalue weighted by Gasteiger charge is 2.30. The first-order valence-corrected chi connectivity index (χ1v) is 8.26. The Hall–Kier alpha value is -1.84. The van der Waals surface area contributed by atoms with Crippen molar-refractivity contribution in [3.8, 4) is 0 Å². The van der Waals surface area contributed by atoms with Crippen molar-refractivity contribution in [3.63, 3.8) is 0 Å². The van der Waals surface area contributed by atoms with Crippen molar-refractivity contribution in [3.05, 3.63) is 30.3 Å². The van der Waals surface area contributed by atoms with Crippen LogP contribution in [-0.4, -0.2) is 29.8 Å². The number of hydrogen-bond donors (Lipinski definition) is 1. The van der Waals surface area contributed by atoms with Crippen molar-refractivity contribution < 1.29 is 9.59 Å². The SMILES string of the molecule is CCCC(C)C(=O)N1CCCC(C(=O)Nc2ccccc2)C1.